The zero-order valence-corrected chi connectivity index (χ0v) is 19.5. The zero-order valence-electron chi connectivity index (χ0n) is 19.5. The number of fused-ring (bicyclic) bond motifs is 1. The van der Waals surface area contributed by atoms with Gasteiger partial charge in [0.15, 0.2) is 28.9 Å². The highest BCUT2D eigenvalue weighted by Crippen LogP contribution is 2.27. The van der Waals surface area contributed by atoms with Crippen molar-refractivity contribution >= 4 is 46.1 Å². The number of carbonyl (C=O) groups is 3. The average molecular weight is 506 g/mol. The molecule has 2 amide bonds. The van der Waals surface area contributed by atoms with Crippen molar-refractivity contribution in [1.29, 1.82) is 0 Å². The van der Waals surface area contributed by atoms with Crippen LogP contribution in [0.25, 0.3) is 16.7 Å². The van der Waals surface area contributed by atoms with E-state index in [0.717, 1.165) is 0 Å². The highest BCUT2D eigenvalue weighted by molar-refractivity contribution is 6.06. The van der Waals surface area contributed by atoms with Gasteiger partial charge in [-0.2, -0.15) is 0 Å². The van der Waals surface area contributed by atoms with Gasteiger partial charge in [-0.15, -0.1) is 5.10 Å². The van der Waals surface area contributed by atoms with E-state index in [2.05, 4.69) is 15.6 Å². The lowest BCUT2D eigenvalue weighted by atomic mass is 9.95. The Hall–Kier alpha value is -4.75. The minimum Gasteiger partial charge on any atom is -0.478 e. The molecular weight excluding hydrogens is 484 g/mol. The molecule has 0 spiro atoms. The van der Waals surface area contributed by atoms with Gasteiger partial charge in [0.1, 0.15) is 0 Å². The fourth-order valence-electron chi connectivity index (χ4n) is 3.99. The van der Waals surface area contributed by atoms with Crippen LogP contribution < -0.4 is 16.0 Å². The maximum atomic E-state index is 13.3. The molecule has 13 heteroatoms. The smallest absolute Gasteiger partial charge is 0.335 e. The third-order valence-electron chi connectivity index (χ3n) is 6.05. The Balaban J connectivity index is 1.32. The number of aromatic nitrogens is 3. The molecule has 37 heavy (non-hydrogen) atoms. The van der Waals surface area contributed by atoms with Gasteiger partial charge < -0.3 is 30.5 Å². The third-order valence-corrected chi connectivity index (χ3v) is 6.05. The number of carboxylic acids is 1. The number of benzene rings is 2. The van der Waals surface area contributed by atoms with Crippen LogP contribution in [0, 0.1) is 0 Å². The number of hydrogen-bond acceptors (Lipinski definition) is 9. The van der Waals surface area contributed by atoms with Crippen LogP contribution in [0.1, 0.15) is 17.3 Å². The van der Waals surface area contributed by atoms with E-state index in [1.807, 2.05) is 0 Å². The zero-order chi connectivity index (χ0) is 26.3. The number of nitrogens with two attached hydrogens (primary N) is 1. The lowest BCUT2D eigenvalue weighted by Crippen LogP contribution is -2.61. The van der Waals surface area contributed by atoms with Crippen molar-refractivity contribution < 1.29 is 33.9 Å². The number of amides is 2. The SMILES string of the molecule is C[C@](O)(C(=O)Nc1ccc2c(N)noc2c1)[C@H]1OCCN(c2ccn(-c3ccc(C(=O)O)cc3)n2)C1=O. The van der Waals surface area contributed by atoms with Crippen molar-refractivity contribution in [3.8, 4) is 5.69 Å². The van der Waals surface area contributed by atoms with E-state index in [9.17, 15) is 19.5 Å². The number of nitrogens with one attached hydrogen (secondary N) is 1. The molecule has 190 valence electrons. The van der Waals surface area contributed by atoms with Gasteiger partial charge >= 0.3 is 5.97 Å². The summed E-state index contributed by atoms with van der Waals surface area (Å²) < 4.78 is 12.1. The Bertz CT molecular complexity index is 1510. The van der Waals surface area contributed by atoms with Gasteiger partial charge in [0.2, 0.25) is 0 Å². The van der Waals surface area contributed by atoms with Gasteiger partial charge in [-0.3, -0.25) is 14.5 Å². The van der Waals surface area contributed by atoms with E-state index < -0.39 is 29.5 Å². The normalized spacial score (nSPS) is 17.5. The summed E-state index contributed by atoms with van der Waals surface area (Å²) in [5.74, 6) is -2.05. The molecule has 0 unspecified atom stereocenters. The topological polar surface area (TPSA) is 186 Å². The molecule has 0 saturated carbocycles. The molecule has 2 aromatic heterocycles. The van der Waals surface area contributed by atoms with Crippen LogP contribution in [-0.2, 0) is 14.3 Å². The van der Waals surface area contributed by atoms with Crippen LogP contribution in [-0.4, -0.2) is 67.8 Å². The van der Waals surface area contributed by atoms with Gasteiger partial charge in [0.05, 0.1) is 29.8 Å². The van der Waals surface area contributed by atoms with Crippen molar-refractivity contribution in [2.45, 2.75) is 18.6 Å². The second-order valence-electron chi connectivity index (χ2n) is 8.59. The quantitative estimate of drug-likeness (QED) is 0.298. The molecule has 1 aliphatic heterocycles. The molecule has 0 aliphatic carbocycles. The number of anilines is 3. The summed E-state index contributed by atoms with van der Waals surface area (Å²) in [6.45, 7) is 1.41. The molecule has 3 heterocycles. The molecular formula is C24H22N6O7. The minimum absolute atomic E-state index is 0.0588. The summed E-state index contributed by atoms with van der Waals surface area (Å²) in [5.41, 5.74) is 4.86. The van der Waals surface area contributed by atoms with E-state index in [4.69, 9.17) is 20.1 Å². The average Bonchev–Trinajstić information content (AvgIpc) is 3.51. The lowest BCUT2D eigenvalue weighted by Gasteiger charge is -2.37. The minimum atomic E-state index is -2.22. The van der Waals surface area contributed by atoms with Gasteiger partial charge in [0, 0.05) is 24.0 Å². The first-order valence-electron chi connectivity index (χ1n) is 11.2. The number of rotatable bonds is 6. The molecule has 0 radical (unpaired) electrons. The predicted octanol–water partition coefficient (Wildman–Crippen LogP) is 1.42. The summed E-state index contributed by atoms with van der Waals surface area (Å²) in [6.07, 6.45) is 0.117. The Morgan fingerprint density at radius 1 is 1.19 bits per heavy atom. The van der Waals surface area contributed by atoms with Crippen LogP contribution >= 0.6 is 0 Å². The lowest BCUT2D eigenvalue weighted by molar-refractivity contribution is -0.165. The fraction of sp³-hybridized carbons (Fsp3) is 0.208. The monoisotopic (exact) mass is 506 g/mol. The second-order valence-corrected chi connectivity index (χ2v) is 8.59. The molecule has 5 rings (SSSR count). The van der Waals surface area contributed by atoms with Gasteiger partial charge in [-0.1, -0.05) is 5.16 Å². The summed E-state index contributed by atoms with van der Waals surface area (Å²) in [5, 5.41) is 31.3. The molecule has 0 bridgehead atoms. The number of carboxylic acid groups (broad SMARTS) is 1. The van der Waals surface area contributed by atoms with Crippen molar-refractivity contribution in [1.82, 2.24) is 14.9 Å². The van der Waals surface area contributed by atoms with Crippen molar-refractivity contribution in [3.63, 3.8) is 0 Å². The number of hydrogen-bond donors (Lipinski definition) is 4. The second kappa shape index (κ2) is 9.04. The van der Waals surface area contributed by atoms with E-state index in [-0.39, 0.29) is 30.4 Å². The predicted molar refractivity (Wildman–Crippen MR) is 130 cm³/mol. The highest BCUT2D eigenvalue weighted by atomic mass is 16.5. The first kappa shape index (κ1) is 24.0. The van der Waals surface area contributed by atoms with Gasteiger partial charge in [0.25, 0.3) is 11.8 Å². The van der Waals surface area contributed by atoms with Crippen LogP contribution in [0.5, 0.6) is 0 Å². The van der Waals surface area contributed by atoms with Gasteiger partial charge in [-0.05, 0) is 43.3 Å². The summed E-state index contributed by atoms with van der Waals surface area (Å²) >= 11 is 0. The summed E-state index contributed by atoms with van der Waals surface area (Å²) in [4.78, 5) is 38.7. The van der Waals surface area contributed by atoms with Crippen molar-refractivity contribution in [2.24, 2.45) is 0 Å². The van der Waals surface area contributed by atoms with Crippen LogP contribution in [0.15, 0.2) is 59.3 Å². The molecule has 5 N–H and O–H groups in total. The van der Waals surface area contributed by atoms with Crippen LogP contribution in [0.4, 0.5) is 17.3 Å². The van der Waals surface area contributed by atoms with Crippen LogP contribution in [0.3, 0.4) is 0 Å². The maximum Gasteiger partial charge on any atom is 0.335 e. The Labute approximate surface area is 209 Å². The number of carbonyl (C=O) groups excluding carboxylic acids is 2. The van der Waals surface area contributed by atoms with E-state index in [1.54, 1.807) is 36.5 Å². The standard InChI is InChI=1S/C24H22N6O7/c1-24(35,23(34)26-14-4-7-16-17(12-14)37-28-20(16)25)19-21(31)29(10-11-36-19)18-8-9-30(27-18)15-5-2-13(3-6-15)22(32)33/h2-9,12,19,35H,10-11H2,1H3,(H2,25,28)(H,26,34)(H,32,33)/t19-,24+/m0/s1. The first-order chi connectivity index (χ1) is 17.6. The Morgan fingerprint density at radius 3 is 2.68 bits per heavy atom. The number of aliphatic hydroxyl groups is 1. The van der Waals surface area contributed by atoms with Crippen molar-refractivity contribution in [2.75, 3.05) is 29.1 Å². The number of aromatic carboxylic acids is 1. The molecule has 1 aliphatic rings. The summed E-state index contributed by atoms with van der Waals surface area (Å²) in [7, 11) is 0. The van der Waals surface area contributed by atoms with Crippen molar-refractivity contribution in [3.05, 3.63) is 60.3 Å². The Kier molecular flexibility index (Phi) is 5.85. The Morgan fingerprint density at radius 2 is 1.95 bits per heavy atom. The fourth-order valence-corrected chi connectivity index (χ4v) is 3.99. The molecule has 4 aromatic rings. The van der Waals surface area contributed by atoms with Gasteiger partial charge in [-0.25, -0.2) is 9.48 Å². The van der Waals surface area contributed by atoms with Crippen LogP contribution in [0.2, 0.25) is 0 Å². The largest absolute Gasteiger partial charge is 0.478 e. The molecule has 2 aromatic carbocycles. The van der Waals surface area contributed by atoms with E-state index >= 15 is 0 Å². The first-order valence-corrected chi connectivity index (χ1v) is 11.2. The number of ether oxygens (including phenoxy) is 1. The summed E-state index contributed by atoms with van der Waals surface area (Å²) in [6, 6.07) is 12.3. The number of nitrogen functional groups attached to an aromatic ring is 1. The molecule has 13 nitrogen and oxygen atoms in total. The number of nitrogens with zero attached hydrogens (tertiary/aromatic N) is 4. The van der Waals surface area contributed by atoms with E-state index in [1.165, 1.54) is 34.7 Å². The number of morpholine rings is 1. The van der Waals surface area contributed by atoms with E-state index in [0.29, 0.717) is 22.3 Å². The maximum absolute atomic E-state index is 13.3. The molecule has 1 saturated heterocycles. The highest BCUT2D eigenvalue weighted by Gasteiger charge is 2.48. The third kappa shape index (κ3) is 4.37. The molecule has 1 fully saturated rings. The molecule has 2 atom stereocenters.